The van der Waals surface area contributed by atoms with Gasteiger partial charge < -0.3 is 19.7 Å². The third-order valence-electron chi connectivity index (χ3n) is 5.70. The molecule has 0 radical (unpaired) electrons. The van der Waals surface area contributed by atoms with Crippen molar-refractivity contribution in [1.29, 1.82) is 0 Å². The summed E-state index contributed by atoms with van der Waals surface area (Å²) in [6.07, 6.45) is 3.36. The number of hydrogen-bond donors (Lipinski definition) is 2. The average molecular weight is 1380 g/mol. The predicted octanol–water partition coefficient (Wildman–Crippen LogP) is 15.9. The second-order valence-electron chi connectivity index (χ2n) is 9.32. The minimum absolute atomic E-state index is 0.138. The van der Waals surface area contributed by atoms with Crippen molar-refractivity contribution in [3.8, 4) is 11.5 Å². The Balaban J connectivity index is 0.000000682. The zero-order valence-electron chi connectivity index (χ0n) is 23.9. The second-order valence-corrected chi connectivity index (χ2v) is 27.0. The zero-order valence-corrected chi connectivity index (χ0v) is 42.9. The first-order valence-electron chi connectivity index (χ1n) is 12.6. The quantitative estimate of drug-likeness (QED) is 0.184. The van der Waals surface area contributed by atoms with Crippen LogP contribution < -0.4 is 0 Å². The molecule has 16 heteroatoms. The Hall–Kier alpha value is 3.72. The molecule has 0 aliphatic rings. The summed E-state index contributed by atoms with van der Waals surface area (Å²) in [6, 6.07) is 7.12. The van der Waals surface area contributed by atoms with Crippen LogP contribution in [-0.4, -0.2) is 23.9 Å². The van der Waals surface area contributed by atoms with Gasteiger partial charge in [0.1, 0.15) is 11.5 Å². The monoisotopic (exact) mass is 1370 g/mol. The molecule has 43 heavy (non-hydrogen) atoms. The van der Waals surface area contributed by atoms with Crippen LogP contribution >= 0.6 is 191 Å². The number of halogens is 12. The molecule has 0 saturated carbocycles. The Kier molecular flexibility index (Phi) is 21.7. The highest BCUT2D eigenvalue weighted by Gasteiger charge is 2.34. The molecule has 2 N–H and O–H groups in total. The Labute approximate surface area is 356 Å². The van der Waals surface area contributed by atoms with Gasteiger partial charge in [0.25, 0.3) is 0 Å². The lowest BCUT2D eigenvalue weighted by Crippen LogP contribution is -2.26. The summed E-state index contributed by atoms with van der Waals surface area (Å²) in [6.45, 7) is 12.3. The molecule has 0 aliphatic heterocycles. The molecule has 4 nitrogen and oxygen atoms in total. The highest BCUT2D eigenvalue weighted by Crippen LogP contribution is 2.51. The highest BCUT2D eigenvalue weighted by molar-refractivity contribution is 9.26. The number of benzene rings is 2. The normalized spacial score (nSPS) is 12.7. The van der Waals surface area contributed by atoms with Crippen LogP contribution in [0.15, 0.2) is 42.2 Å². The highest BCUT2D eigenvalue weighted by atomic mass is 79.9. The third-order valence-corrected chi connectivity index (χ3v) is 15.7. The van der Waals surface area contributed by atoms with Gasteiger partial charge in [-0.2, -0.15) is 0 Å². The minimum Gasteiger partial charge on any atom is -0.508 e. The van der Waals surface area contributed by atoms with Crippen molar-refractivity contribution in [2.24, 2.45) is 0 Å². The van der Waals surface area contributed by atoms with Gasteiger partial charge in [-0.3, -0.25) is 0 Å². The number of rotatable bonds is 10. The first kappa shape index (κ1) is 46.7. The summed E-state index contributed by atoms with van der Waals surface area (Å²) in [5.41, 5.74) is 1.69. The van der Waals surface area contributed by atoms with E-state index < -0.39 is 13.7 Å². The van der Waals surface area contributed by atoms with Crippen molar-refractivity contribution in [1.82, 2.24) is 0 Å². The van der Waals surface area contributed by atoms with E-state index in [1.807, 2.05) is 39.8 Å². The molecule has 0 amide bonds. The third kappa shape index (κ3) is 16.1. The molecule has 0 aliphatic carbocycles. The average Bonchev–Trinajstić information content (AvgIpc) is 2.90. The Morgan fingerprint density at radius 3 is 1.07 bits per heavy atom. The maximum absolute atomic E-state index is 10.1. The molecule has 0 aromatic heterocycles. The van der Waals surface area contributed by atoms with Crippen LogP contribution in [0.2, 0.25) is 0 Å². The largest absolute Gasteiger partial charge is 0.508 e. The lowest BCUT2D eigenvalue weighted by atomic mass is 9.78. The second kappa shape index (κ2) is 19.9. The van der Waals surface area contributed by atoms with Crippen molar-refractivity contribution < 1.29 is 19.7 Å². The molecular weight excluding hydrogens is 1350 g/mol. The SMILES string of the molecule is CC(C)(c1ccc(O)cc1)c1c(Br)c(Br)c(O)c(Br)c1Br.CCC(Br)(Br)OC(Br)(Br)CC.CCC(Br)(Br)OC(Br)(Br)CC. The van der Waals surface area contributed by atoms with E-state index in [0.717, 1.165) is 45.8 Å². The van der Waals surface area contributed by atoms with Crippen LogP contribution in [0.1, 0.15) is 78.4 Å². The Bertz CT molecular complexity index is 1080. The van der Waals surface area contributed by atoms with E-state index >= 15 is 0 Å². The molecule has 248 valence electrons. The van der Waals surface area contributed by atoms with Gasteiger partial charge in [0.15, 0.2) is 13.7 Å². The van der Waals surface area contributed by atoms with Crippen molar-refractivity contribution in [3.05, 3.63) is 53.3 Å². The molecule has 2 rings (SSSR count). The molecule has 0 unspecified atom stereocenters. The Morgan fingerprint density at radius 1 is 0.535 bits per heavy atom. The number of ether oxygens (including phenoxy) is 2. The lowest BCUT2D eigenvalue weighted by molar-refractivity contribution is 0.0615. The number of alkyl halides is 8. The Morgan fingerprint density at radius 2 is 0.814 bits per heavy atom. The van der Waals surface area contributed by atoms with Crippen LogP contribution in [0.3, 0.4) is 0 Å². The number of aromatic hydroxyl groups is 2. The molecule has 0 fully saturated rings. The summed E-state index contributed by atoms with van der Waals surface area (Å²) >= 11 is 41.1. The number of phenols is 2. The van der Waals surface area contributed by atoms with Crippen LogP contribution in [-0.2, 0) is 14.9 Å². The maximum Gasteiger partial charge on any atom is 0.180 e. The smallest absolute Gasteiger partial charge is 0.180 e. The molecule has 2 aromatic rings. The van der Waals surface area contributed by atoms with Crippen molar-refractivity contribution in [2.75, 3.05) is 0 Å². The molecule has 0 atom stereocenters. The number of phenolic OH excluding ortho intramolecular Hbond substituents is 2. The van der Waals surface area contributed by atoms with E-state index in [-0.39, 0.29) is 16.9 Å². The van der Waals surface area contributed by atoms with E-state index in [2.05, 4.69) is 205 Å². The molecule has 0 spiro atoms. The van der Waals surface area contributed by atoms with Crippen LogP contribution in [0.5, 0.6) is 11.5 Å². The lowest BCUT2D eigenvalue weighted by Gasteiger charge is -2.30. The van der Waals surface area contributed by atoms with Crippen molar-refractivity contribution >= 4 is 191 Å². The topological polar surface area (TPSA) is 58.9 Å². The van der Waals surface area contributed by atoms with Gasteiger partial charge in [-0.15, -0.1) is 0 Å². The maximum atomic E-state index is 10.1. The standard InChI is InChI=1S/C15H12Br4O2.2C6H10Br4O/c1-15(2,7-3-5-8(20)6-4-7)9-10(16)12(18)14(21)13(19)11(9)17;2*1-3-5(7,8)11-6(9,10)4-2/h3-6,20-21H,1-2H3;2*3-4H2,1-2H3. The van der Waals surface area contributed by atoms with Gasteiger partial charge in [-0.05, 0) is 240 Å². The molecule has 0 heterocycles. The van der Waals surface area contributed by atoms with E-state index in [9.17, 15) is 10.2 Å². The summed E-state index contributed by atoms with van der Waals surface area (Å²) in [5, 5.41) is 19.5. The van der Waals surface area contributed by atoms with E-state index in [1.165, 1.54) is 0 Å². The van der Waals surface area contributed by atoms with Gasteiger partial charge in [0.2, 0.25) is 0 Å². The van der Waals surface area contributed by atoms with Crippen LogP contribution in [0, 0.1) is 0 Å². The molecule has 0 saturated heterocycles. The summed E-state index contributed by atoms with van der Waals surface area (Å²) in [7, 11) is 0. The predicted molar refractivity (Wildman–Crippen MR) is 225 cm³/mol. The van der Waals surface area contributed by atoms with Crippen LogP contribution in [0.25, 0.3) is 0 Å². The van der Waals surface area contributed by atoms with Crippen molar-refractivity contribution in [3.63, 3.8) is 0 Å². The van der Waals surface area contributed by atoms with Gasteiger partial charge in [-0.1, -0.05) is 53.7 Å². The summed E-state index contributed by atoms with van der Waals surface area (Å²) in [4.78, 5) is 0. The minimum atomic E-state index is -0.441. The fraction of sp³-hybridized carbons (Fsp3) is 0.556. The molecule has 2 aromatic carbocycles. The van der Waals surface area contributed by atoms with Crippen LogP contribution in [0.4, 0.5) is 0 Å². The number of hydrogen-bond acceptors (Lipinski definition) is 4. The van der Waals surface area contributed by atoms with E-state index in [0.29, 0.717) is 8.95 Å². The zero-order chi connectivity index (χ0) is 34.2. The fourth-order valence-electron chi connectivity index (χ4n) is 2.92. The molecular formula is C27H32Br12O4. The first-order chi connectivity index (χ1) is 19.3. The molecule has 0 bridgehead atoms. The van der Waals surface area contributed by atoms with Gasteiger partial charge >= 0.3 is 0 Å². The van der Waals surface area contributed by atoms with Gasteiger partial charge in [0.05, 0.1) is 8.95 Å². The fourth-order valence-corrected chi connectivity index (χ4v) is 9.95. The summed E-state index contributed by atoms with van der Waals surface area (Å²) in [5.74, 6) is 0.375. The van der Waals surface area contributed by atoms with E-state index in [4.69, 9.17) is 9.47 Å². The van der Waals surface area contributed by atoms with Gasteiger partial charge in [-0.25, -0.2) is 0 Å². The summed E-state index contributed by atoms with van der Waals surface area (Å²) < 4.78 is 12.2. The van der Waals surface area contributed by atoms with Crippen molar-refractivity contribution in [2.45, 2.75) is 86.3 Å². The first-order valence-corrected chi connectivity index (χ1v) is 22.1. The van der Waals surface area contributed by atoms with Gasteiger partial charge in [0, 0.05) is 14.4 Å². The van der Waals surface area contributed by atoms with E-state index in [1.54, 1.807) is 12.1 Å².